The molecule has 2 heteroatoms. The molecule has 0 saturated carbocycles. The molecule has 0 aromatic rings. The highest BCUT2D eigenvalue weighted by atomic mass is 28.2. The normalized spacial score (nSPS) is 11.6. The first-order chi connectivity index (χ1) is 8.41. The van der Waals surface area contributed by atoms with Crippen molar-refractivity contribution in [3.63, 3.8) is 0 Å². The van der Waals surface area contributed by atoms with E-state index >= 15 is 0 Å². The number of hydrogen-bond donors (Lipinski definition) is 0. The highest BCUT2D eigenvalue weighted by molar-refractivity contribution is 6.26. The zero-order valence-electron chi connectivity index (χ0n) is 12.3. The molecule has 0 bridgehead atoms. The lowest BCUT2D eigenvalue weighted by Crippen LogP contribution is -1.91. The monoisotopic (exact) mass is 258 g/mol. The summed E-state index contributed by atoms with van der Waals surface area (Å²) in [5, 5.41) is 0. The molecule has 0 rings (SSSR count). The molecule has 0 N–H and O–H groups in total. The molecule has 0 aromatic carbocycles. The maximum absolute atomic E-state index is 5.18. The van der Waals surface area contributed by atoms with Gasteiger partial charge in [-0.1, -0.05) is 84.0 Å². The molecule has 104 valence electrons. The van der Waals surface area contributed by atoms with E-state index in [0.29, 0.717) is 0 Å². The second-order valence-corrected chi connectivity index (χ2v) is 6.93. The SMILES string of the molecule is CCCCCCCCCCCCCC[SiH2]OC. The summed E-state index contributed by atoms with van der Waals surface area (Å²) in [7, 11) is 1.72. The molecule has 1 nitrogen and oxygen atoms in total. The van der Waals surface area contributed by atoms with Gasteiger partial charge in [0.2, 0.25) is 0 Å². The van der Waals surface area contributed by atoms with Crippen molar-refractivity contribution in [2.75, 3.05) is 7.11 Å². The van der Waals surface area contributed by atoms with Crippen molar-refractivity contribution in [3.05, 3.63) is 0 Å². The largest absolute Gasteiger partial charge is 0.427 e. The molecule has 0 aliphatic rings. The second kappa shape index (κ2) is 16.2. The van der Waals surface area contributed by atoms with Crippen molar-refractivity contribution in [2.45, 2.75) is 90.0 Å². The molecular weight excluding hydrogens is 224 g/mol. The molecule has 0 radical (unpaired) electrons. The summed E-state index contributed by atoms with van der Waals surface area (Å²) < 4.78 is 5.18. The van der Waals surface area contributed by atoms with Gasteiger partial charge in [-0.15, -0.1) is 0 Å². The quantitative estimate of drug-likeness (QED) is 0.320. The molecule has 0 unspecified atom stereocenters. The van der Waals surface area contributed by atoms with E-state index < -0.39 is 0 Å². The predicted octanol–water partition coefficient (Wildman–Crippen LogP) is 4.84. The third kappa shape index (κ3) is 16.2. The Bertz CT molecular complexity index is 114. The third-order valence-electron chi connectivity index (χ3n) is 3.45. The fourth-order valence-corrected chi connectivity index (χ4v) is 3.11. The standard InChI is InChI=1S/C15H34OSi/c1-3-4-5-6-7-8-9-10-11-12-13-14-15-17-16-2/h3-15,17H2,1-2H3. The van der Waals surface area contributed by atoms with Crippen molar-refractivity contribution in [3.8, 4) is 0 Å². The Morgan fingerprint density at radius 3 is 1.47 bits per heavy atom. The Morgan fingerprint density at radius 2 is 1.06 bits per heavy atom. The molecule has 0 aliphatic heterocycles. The predicted molar refractivity (Wildman–Crippen MR) is 81.4 cm³/mol. The highest BCUT2D eigenvalue weighted by Gasteiger charge is 1.93. The maximum Gasteiger partial charge on any atom is 0.161 e. The van der Waals surface area contributed by atoms with Gasteiger partial charge in [-0.3, -0.25) is 0 Å². The van der Waals surface area contributed by atoms with Crippen LogP contribution in [-0.2, 0) is 4.43 Å². The summed E-state index contributed by atoms with van der Waals surface area (Å²) in [6, 6.07) is 1.38. The van der Waals surface area contributed by atoms with Gasteiger partial charge in [-0.2, -0.15) is 0 Å². The summed E-state index contributed by atoms with van der Waals surface area (Å²) in [5.41, 5.74) is 0. The van der Waals surface area contributed by atoms with E-state index in [2.05, 4.69) is 6.92 Å². The van der Waals surface area contributed by atoms with Gasteiger partial charge in [0.05, 0.1) is 0 Å². The molecule has 0 aromatic heterocycles. The van der Waals surface area contributed by atoms with Crippen LogP contribution in [0.5, 0.6) is 0 Å². The number of unbranched alkanes of at least 4 members (excludes halogenated alkanes) is 11. The maximum atomic E-state index is 5.18. The van der Waals surface area contributed by atoms with Crippen molar-refractivity contribution in [1.29, 1.82) is 0 Å². The Labute approximate surface area is 112 Å². The lowest BCUT2D eigenvalue weighted by molar-refractivity contribution is 0.438. The fourth-order valence-electron chi connectivity index (χ4n) is 2.26. The van der Waals surface area contributed by atoms with Crippen molar-refractivity contribution in [1.82, 2.24) is 0 Å². The van der Waals surface area contributed by atoms with Gasteiger partial charge in [0.25, 0.3) is 0 Å². The first-order valence-electron chi connectivity index (χ1n) is 7.90. The summed E-state index contributed by atoms with van der Waals surface area (Å²) in [5.74, 6) is 0. The minimum Gasteiger partial charge on any atom is -0.427 e. The van der Waals surface area contributed by atoms with Gasteiger partial charge in [-0.05, 0) is 6.04 Å². The summed E-state index contributed by atoms with van der Waals surface area (Å²) in [6.07, 6.45) is 17.4. The van der Waals surface area contributed by atoms with E-state index in [9.17, 15) is 0 Å². The number of hydrogen-bond acceptors (Lipinski definition) is 1. The van der Waals surface area contributed by atoms with Gasteiger partial charge in [0, 0.05) is 7.11 Å². The average molecular weight is 259 g/mol. The van der Waals surface area contributed by atoms with Gasteiger partial charge >= 0.3 is 0 Å². The van der Waals surface area contributed by atoms with Crippen molar-refractivity contribution < 1.29 is 4.43 Å². The smallest absolute Gasteiger partial charge is 0.161 e. The fraction of sp³-hybridized carbons (Fsp3) is 1.00. The molecule has 0 spiro atoms. The molecular formula is C15H34OSi. The van der Waals surface area contributed by atoms with E-state index in [1.165, 1.54) is 83.1 Å². The van der Waals surface area contributed by atoms with E-state index in [1.54, 1.807) is 0 Å². The zero-order valence-corrected chi connectivity index (χ0v) is 13.7. The zero-order chi connectivity index (χ0) is 12.6. The molecule has 0 amide bonds. The lowest BCUT2D eigenvalue weighted by Gasteiger charge is -2.02. The second-order valence-electron chi connectivity index (χ2n) is 5.24. The van der Waals surface area contributed by atoms with Crippen LogP contribution in [0.2, 0.25) is 6.04 Å². The Morgan fingerprint density at radius 1 is 0.647 bits per heavy atom. The van der Waals surface area contributed by atoms with Gasteiger partial charge in [0.1, 0.15) is 0 Å². The molecule has 0 atom stereocenters. The minimum atomic E-state index is -0.136. The topological polar surface area (TPSA) is 9.23 Å². The van der Waals surface area contributed by atoms with Crippen LogP contribution in [0.4, 0.5) is 0 Å². The summed E-state index contributed by atoms with van der Waals surface area (Å²) in [4.78, 5) is 0. The number of rotatable bonds is 14. The van der Waals surface area contributed by atoms with E-state index in [-0.39, 0.29) is 9.76 Å². The van der Waals surface area contributed by atoms with Crippen LogP contribution in [0.3, 0.4) is 0 Å². The van der Waals surface area contributed by atoms with Gasteiger partial charge in [-0.25, -0.2) is 0 Å². The highest BCUT2D eigenvalue weighted by Crippen LogP contribution is 2.12. The lowest BCUT2D eigenvalue weighted by atomic mass is 10.1. The van der Waals surface area contributed by atoms with Crippen LogP contribution < -0.4 is 0 Å². The van der Waals surface area contributed by atoms with Gasteiger partial charge in [0.15, 0.2) is 9.76 Å². The average Bonchev–Trinajstić information content (AvgIpc) is 2.35. The van der Waals surface area contributed by atoms with Crippen molar-refractivity contribution in [2.24, 2.45) is 0 Å². The van der Waals surface area contributed by atoms with E-state index in [4.69, 9.17) is 4.43 Å². The molecule has 0 saturated heterocycles. The molecule has 0 heterocycles. The first-order valence-corrected chi connectivity index (χ1v) is 9.48. The summed E-state index contributed by atoms with van der Waals surface area (Å²) >= 11 is 0. The molecule has 0 aliphatic carbocycles. The van der Waals surface area contributed by atoms with Crippen LogP contribution in [0.15, 0.2) is 0 Å². The van der Waals surface area contributed by atoms with Crippen molar-refractivity contribution >= 4 is 9.76 Å². The minimum absolute atomic E-state index is 0.136. The van der Waals surface area contributed by atoms with Crippen LogP contribution in [0.25, 0.3) is 0 Å². The Balaban J connectivity index is 2.85. The van der Waals surface area contributed by atoms with Crippen LogP contribution in [0.1, 0.15) is 84.0 Å². The van der Waals surface area contributed by atoms with Crippen LogP contribution in [-0.4, -0.2) is 16.9 Å². The van der Waals surface area contributed by atoms with Crippen LogP contribution in [0, 0.1) is 0 Å². The third-order valence-corrected chi connectivity index (χ3v) is 4.65. The molecule has 0 fully saturated rings. The van der Waals surface area contributed by atoms with E-state index in [1.807, 2.05) is 7.11 Å². The summed E-state index contributed by atoms with van der Waals surface area (Å²) in [6.45, 7) is 2.29. The molecule has 17 heavy (non-hydrogen) atoms. The van der Waals surface area contributed by atoms with Crippen LogP contribution >= 0.6 is 0 Å². The Kier molecular flexibility index (Phi) is 16.3. The first kappa shape index (κ1) is 17.2. The van der Waals surface area contributed by atoms with Gasteiger partial charge < -0.3 is 4.43 Å². The Hall–Kier alpha value is 0.177. The van der Waals surface area contributed by atoms with E-state index in [0.717, 1.165) is 0 Å².